The fourth-order valence-corrected chi connectivity index (χ4v) is 2.09. The van der Waals surface area contributed by atoms with Crippen molar-refractivity contribution in [2.24, 2.45) is 5.73 Å². The number of hydrogen-bond donors (Lipinski definition) is 1. The Morgan fingerprint density at radius 3 is 3.00 bits per heavy atom. The minimum Gasteiger partial charge on any atom is -0.493 e. The van der Waals surface area contributed by atoms with E-state index in [9.17, 15) is 0 Å². The van der Waals surface area contributed by atoms with E-state index >= 15 is 0 Å². The smallest absolute Gasteiger partial charge is 0.122 e. The van der Waals surface area contributed by atoms with Gasteiger partial charge in [0.25, 0.3) is 0 Å². The van der Waals surface area contributed by atoms with Crippen molar-refractivity contribution in [1.82, 2.24) is 4.90 Å². The van der Waals surface area contributed by atoms with Crippen LogP contribution in [0.2, 0.25) is 0 Å². The van der Waals surface area contributed by atoms with E-state index in [1.54, 1.807) is 0 Å². The summed E-state index contributed by atoms with van der Waals surface area (Å²) in [5.41, 5.74) is 7.00. The first-order chi connectivity index (χ1) is 7.72. The fraction of sp³-hybridized carbons (Fsp3) is 0.538. The normalized spacial score (nSPS) is 20.6. The van der Waals surface area contributed by atoms with Crippen LogP contribution in [0.15, 0.2) is 24.3 Å². The molecule has 0 saturated carbocycles. The van der Waals surface area contributed by atoms with Gasteiger partial charge in [-0.1, -0.05) is 18.2 Å². The predicted molar refractivity (Wildman–Crippen MR) is 65.8 cm³/mol. The van der Waals surface area contributed by atoms with Crippen molar-refractivity contribution in [3.8, 4) is 5.75 Å². The van der Waals surface area contributed by atoms with E-state index in [4.69, 9.17) is 10.5 Å². The van der Waals surface area contributed by atoms with Crippen molar-refractivity contribution >= 4 is 0 Å². The van der Waals surface area contributed by atoms with E-state index in [0.29, 0.717) is 18.5 Å². The molecule has 0 fully saturated rings. The Hall–Kier alpha value is -1.06. The maximum atomic E-state index is 5.67. The van der Waals surface area contributed by atoms with Gasteiger partial charge in [0.1, 0.15) is 5.75 Å². The molecular weight excluding hydrogens is 200 g/mol. The van der Waals surface area contributed by atoms with Gasteiger partial charge in [0.15, 0.2) is 0 Å². The number of likely N-dealkylation sites (N-methyl/N-ethyl adjacent to an activating group) is 1. The van der Waals surface area contributed by atoms with Crippen LogP contribution in [0.3, 0.4) is 0 Å². The van der Waals surface area contributed by atoms with Crippen LogP contribution < -0.4 is 10.5 Å². The lowest BCUT2D eigenvalue weighted by atomic mass is 10.0. The van der Waals surface area contributed by atoms with Crippen LogP contribution in [0.25, 0.3) is 0 Å². The molecule has 0 aliphatic carbocycles. The summed E-state index contributed by atoms with van der Waals surface area (Å²) in [6.07, 6.45) is 0. The Morgan fingerprint density at radius 2 is 2.25 bits per heavy atom. The zero-order valence-corrected chi connectivity index (χ0v) is 10.0. The fourth-order valence-electron chi connectivity index (χ4n) is 2.09. The second-order valence-corrected chi connectivity index (χ2v) is 4.57. The van der Waals surface area contributed by atoms with Gasteiger partial charge in [-0.25, -0.2) is 0 Å². The van der Waals surface area contributed by atoms with Crippen LogP contribution in [0.1, 0.15) is 18.4 Å². The molecule has 1 aliphatic rings. The third-order valence-electron chi connectivity index (χ3n) is 3.40. The van der Waals surface area contributed by atoms with Gasteiger partial charge in [0.2, 0.25) is 0 Å². The molecule has 16 heavy (non-hydrogen) atoms. The standard InChI is InChI=1S/C13H20N2O/c1-10(7-14)15(2)8-11-9-16-13-6-4-3-5-12(11)13/h3-6,10-11H,7-9,14H2,1-2H3. The van der Waals surface area contributed by atoms with Crippen LogP contribution in [-0.4, -0.2) is 37.7 Å². The van der Waals surface area contributed by atoms with Crippen LogP contribution in [0.5, 0.6) is 5.75 Å². The van der Waals surface area contributed by atoms with E-state index in [-0.39, 0.29) is 0 Å². The Labute approximate surface area is 97.2 Å². The molecule has 0 amide bonds. The van der Waals surface area contributed by atoms with Crippen molar-refractivity contribution in [3.63, 3.8) is 0 Å². The lowest BCUT2D eigenvalue weighted by molar-refractivity contribution is 0.225. The van der Waals surface area contributed by atoms with Crippen LogP contribution in [0, 0.1) is 0 Å². The molecule has 1 aliphatic heterocycles. The Bertz CT molecular complexity index is 354. The minimum absolute atomic E-state index is 0.424. The number of ether oxygens (including phenoxy) is 1. The van der Waals surface area contributed by atoms with E-state index < -0.39 is 0 Å². The van der Waals surface area contributed by atoms with Crippen molar-refractivity contribution in [2.75, 3.05) is 26.7 Å². The molecule has 1 heterocycles. The number of nitrogens with zero attached hydrogens (tertiary/aromatic N) is 1. The molecule has 3 heteroatoms. The molecule has 3 nitrogen and oxygen atoms in total. The molecule has 2 rings (SSSR count). The summed E-state index contributed by atoms with van der Waals surface area (Å²) in [5, 5.41) is 0. The van der Waals surface area contributed by atoms with E-state index in [1.807, 2.05) is 12.1 Å². The van der Waals surface area contributed by atoms with E-state index in [0.717, 1.165) is 18.9 Å². The van der Waals surface area contributed by atoms with E-state index in [1.165, 1.54) is 5.56 Å². The first-order valence-electron chi connectivity index (χ1n) is 5.84. The van der Waals surface area contributed by atoms with Gasteiger partial charge in [0, 0.05) is 30.6 Å². The number of fused-ring (bicyclic) bond motifs is 1. The Morgan fingerprint density at radius 1 is 1.50 bits per heavy atom. The van der Waals surface area contributed by atoms with Crippen molar-refractivity contribution < 1.29 is 4.74 Å². The molecule has 0 spiro atoms. The number of para-hydroxylation sites is 1. The van der Waals surface area contributed by atoms with Gasteiger partial charge < -0.3 is 15.4 Å². The van der Waals surface area contributed by atoms with Gasteiger partial charge in [-0.05, 0) is 20.0 Å². The average molecular weight is 220 g/mol. The number of nitrogens with two attached hydrogens (primary N) is 1. The number of rotatable bonds is 4. The topological polar surface area (TPSA) is 38.5 Å². The van der Waals surface area contributed by atoms with Crippen LogP contribution in [0.4, 0.5) is 0 Å². The molecule has 2 atom stereocenters. The van der Waals surface area contributed by atoms with Gasteiger partial charge in [-0.2, -0.15) is 0 Å². The third-order valence-corrected chi connectivity index (χ3v) is 3.40. The molecule has 0 bridgehead atoms. The molecular formula is C13H20N2O. The molecule has 2 unspecified atom stereocenters. The van der Waals surface area contributed by atoms with Gasteiger partial charge >= 0.3 is 0 Å². The summed E-state index contributed by atoms with van der Waals surface area (Å²) in [4.78, 5) is 2.30. The second-order valence-electron chi connectivity index (χ2n) is 4.57. The third kappa shape index (κ3) is 2.20. The first-order valence-corrected chi connectivity index (χ1v) is 5.84. The molecule has 0 aromatic heterocycles. The SMILES string of the molecule is CC(CN)N(C)CC1COc2ccccc21. The molecule has 0 saturated heterocycles. The summed E-state index contributed by atoms with van der Waals surface area (Å²) in [6, 6.07) is 8.73. The highest BCUT2D eigenvalue weighted by atomic mass is 16.5. The highest BCUT2D eigenvalue weighted by Crippen LogP contribution is 2.33. The lowest BCUT2D eigenvalue weighted by Gasteiger charge is -2.25. The van der Waals surface area contributed by atoms with Crippen molar-refractivity contribution in [1.29, 1.82) is 0 Å². The number of benzene rings is 1. The summed E-state index contributed by atoms with van der Waals surface area (Å²) >= 11 is 0. The first kappa shape index (κ1) is 11.4. The average Bonchev–Trinajstić information content (AvgIpc) is 2.72. The zero-order chi connectivity index (χ0) is 11.5. The predicted octanol–water partition coefficient (Wildman–Crippen LogP) is 1.44. The second kappa shape index (κ2) is 4.85. The summed E-state index contributed by atoms with van der Waals surface area (Å²) < 4.78 is 5.67. The highest BCUT2D eigenvalue weighted by Gasteiger charge is 2.25. The Balaban J connectivity index is 2.03. The largest absolute Gasteiger partial charge is 0.493 e. The maximum absolute atomic E-state index is 5.67. The quantitative estimate of drug-likeness (QED) is 0.834. The molecule has 0 radical (unpaired) electrons. The lowest BCUT2D eigenvalue weighted by Crippen LogP contribution is -2.38. The van der Waals surface area contributed by atoms with Gasteiger partial charge in [0.05, 0.1) is 6.61 Å². The minimum atomic E-state index is 0.424. The summed E-state index contributed by atoms with van der Waals surface area (Å²) in [5.74, 6) is 1.52. The molecule has 88 valence electrons. The van der Waals surface area contributed by atoms with Gasteiger partial charge in [-0.3, -0.25) is 0 Å². The summed E-state index contributed by atoms with van der Waals surface area (Å²) in [7, 11) is 2.12. The number of hydrogen-bond acceptors (Lipinski definition) is 3. The van der Waals surface area contributed by atoms with Crippen molar-refractivity contribution in [3.05, 3.63) is 29.8 Å². The molecule has 2 N–H and O–H groups in total. The zero-order valence-electron chi connectivity index (χ0n) is 10.0. The molecule has 1 aromatic carbocycles. The summed E-state index contributed by atoms with van der Waals surface area (Å²) in [6.45, 7) is 4.66. The highest BCUT2D eigenvalue weighted by molar-refractivity contribution is 5.39. The van der Waals surface area contributed by atoms with Crippen LogP contribution >= 0.6 is 0 Å². The van der Waals surface area contributed by atoms with E-state index in [2.05, 4.69) is 31.0 Å². The van der Waals surface area contributed by atoms with Crippen molar-refractivity contribution in [2.45, 2.75) is 18.9 Å². The van der Waals surface area contributed by atoms with Gasteiger partial charge in [-0.15, -0.1) is 0 Å². The monoisotopic (exact) mass is 220 g/mol. The molecule has 1 aromatic rings. The van der Waals surface area contributed by atoms with Crippen LogP contribution in [-0.2, 0) is 0 Å². The maximum Gasteiger partial charge on any atom is 0.122 e. The Kier molecular flexibility index (Phi) is 3.46.